The van der Waals surface area contributed by atoms with E-state index in [1.807, 2.05) is 78.9 Å². The Morgan fingerprint density at radius 1 is 0.460 bits per heavy atom. The second-order valence-corrected chi connectivity index (χ2v) is 30.0. The molecule has 0 radical (unpaired) electrons. The number of ether oxygens (including phenoxy) is 2. The number of hydrogen-bond acceptors (Lipinski definition) is 10. The van der Waals surface area contributed by atoms with Gasteiger partial charge < -0.3 is 23.9 Å². The van der Waals surface area contributed by atoms with Crippen LogP contribution in [0, 0.1) is 34.0 Å². The van der Waals surface area contributed by atoms with Gasteiger partial charge in [0, 0.05) is 32.7 Å². The molecule has 9 aromatic carbocycles. The molecule has 113 heavy (non-hydrogen) atoms. The molecule has 9 aromatic rings. The van der Waals surface area contributed by atoms with E-state index in [2.05, 4.69) is 186 Å². The number of hydrogen-bond donors (Lipinski definition) is 1. The van der Waals surface area contributed by atoms with Gasteiger partial charge in [-0.1, -0.05) is 232 Å². The van der Waals surface area contributed by atoms with Gasteiger partial charge in [0.05, 0.1) is 64.3 Å². The lowest BCUT2D eigenvalue weighted by atomic mass is 9.70. The topological polar surface area (TPSA) is 180 Å². The first-order valence-electron chi connectivity index (χ1n) is 37.5. The van der Waals surface area contributed by atoms with Crippen LogP contribution in [-0.4, -0.2) is 54.5 Å². The van der Waals surface area contributed by atoms with E-state index in [1.165, 1.54) is 67.8 Å². The number of carboxylic acids is 1. The number of carbonyl (C=O) groups is 3. The van der Waals surface area contributed by atoms with Crippen molar-refractivity contribution in [1.82, 2.24) is 0 Å². The molecule has 0 saturated carbocycles. The van der Waals surface area contributed by atoms with E-state index in [4.69, 9.17) is 64.0 Å². The smallest absolute Gasteiger partial charge is 0.478 e. The van der Waals surface area contributed by atoms with Crippen molar-refractivity contribution in [2.24, 2.45) is 0 Å². The zero-order chi connectivity index (χ0) is 80.9. The number of esters is 2. The molecule has 0 amide bonds. The Morgan fingerprint density at radius 2 is 0.796 bits per heavy atom. The van der Waals surface area contributed by atoms with E-state index in [1.54, 1.807) is 68.5 Å². The molecule has 0 atom stereocenters. The van der Waals surface area contributed by atoms with Crippen LogP contribution in [0.2, 0.25) is 15.1 Å². The number of allylic oxidation sites excluding steroid dienone is 9. The molecule has 0 bridgehead atoms. The predicted octanol–water partition coefficient (Wildman–Crippen LogP) is 24.7. The van der Waals surface area contributed by atoms with Crippen molar-refractivity contribution in [2.45, 2.75) is 112 Å². The number of aliphatic carboxylic acids is 1. The molecule has 1 N–H and O–H groups in total. The number of benzene rings is 9. The number of halogens is 4. The summed E-state index contributed by atoms with van der Waals surface area (Å²) >= 11 is 22.2. The summed E-state index contributed by atoms with van der Waals surface area (Å²) in [5.41, 5.74) is 26.8. The van der Waals surface area contributed by atoms with Gasteiger partial charge >= 0.3 is 25.0 Å². The number of fused-ring (bicyclic) bond motifs is 3. The second kappa shape index (κ2) is 39.4. The lowest BCUT2D eigenvalue weighted by Crippen LogP contribution is -2.41. The van der Waals surface area contributed by atoms with E-state index >= 15 is 0 Å². The highest BCUT2D eigenvalue weighted by molar-refractivity contribution is 9.10. The van der Waals surface area contributed by atoms with E-state index in [0.717, 1.165) is 121 Å². The van der Waals surface area contributed by atoms with Crippen LogP contribution in [0.15, 0.2) is 245 Å². The summed E-state index contributed by atoms with van der Waals surface area (Å²) in [4.78, 5) is 34.2. The van der Waals surface area contributed by atoms with Crippen LogP contribution >= 0.6 is 50.7 Å². The molecule has 11 nitrogen and oxygen atoms in total. The predicted molar refractivity (Wildman–Crippen MR) is 465 cm³/mol. The van der Waals surface area contributed by atoms with Gasteiger partial charge in [0.1, 0.15) is 0 Å². The Morgan fingerprint density at radius 3 is 1.12 bits per heavy atom. The molecule has 4 aliphatic rings. The summed E-state index contributed by atoms with van der Waals surface area (Å²) in [6, 6.07) is 72.0. The van der Waals surface area contributed by atoms with Crippen LogP contribution < -0.4 is 0 Å². The first kappa shape index (κ1) is 84.3. The van der Waals surface area contributed by atoms with Gasteiger partial charge in [0.2, 0.25) is 0 Å². The third kappa shape index (κ3) is 21.4. The zero-order valence-corrected chi connectivity index (χ0v) is 68.5. The maximum Gasteiger partial charge on any atom is 0.491 e. The van der Waals surface area contributed by atoms with Gasteiger partial charge in [-0.3, -0.25) is 0 Å². The minimum atomic E-state index is -0.975. The fraction of sp³-hybridized carbons (Fsp3) is 0.196. The van der Waals surface area contributed by atoms with Crippen LogP contribution in [0.3, 0.4) is 0 Å². The molecule has 1 fully saturated rings. The lowest BCUT2D eigenvalue weighted by Gasteiger charge is -2.32. The average Bonchev–Trinajstić information content (AvgIpc) is 1.66. The fourth-order valence-corrected chi connectivity index (χ4v) is 14.9. The summed E-state index contributed by atoms with van der Waals surface area (Å²) in [6.07, 6.45) is 20.8. The van der Waals surface area contributed by atoms with Crippen LogP contribution in [-0.2, 0) is 52.4 Å². The molecule has 1 saturated heterocycles. The Bertz CT molecular complexity index is 5490. The molecule has 16 heteroatoms. The Hall–Kier alpha value is -11.1. The summed E-state index contributed by atoms with van der Waals surface area (Å²) in [5, 5.41) is 37.6. The van der Waals surface area contributed by atoms with Crippen LogP contribution in [0.5, 0.6) is 0 Å². The maximum absolute atomic E-state index is 11.7. The summed E-state index contributed by atoms with van der Waals surface area (Å²) in [6.45, 7) is 19.1. The van der Waals surface area contributed by atoms with Gasteiger partial charge in [-0.05, 0) is 285 Å². The van der Waals surface area contributed by atoms with Crippen LogP contribution in [0.1, 0.15) is 176 Å². The molecular formula is C97H86BBrCl3N3O8. The van der Waals surface area contributed by atoms with Crippen molar-refractivity contribution >= 4 is 140 Å². The largest absolute Gasteiger partial charge is 0.491 e. The van der Waals surface area contributed by atoms with Crippen LogP contribution in [0.4, 0.5) is 0 Å². The molecule has 0 aromatic heterocycles. The molecule has 13 rings (SSSR count). The van der Waals surface area contributed by atoms with Gasteiger partial charge in [0.25, 0.3) is 0 Å². The number of rotatable bonds is 20. The Labute approximate surface area is 687 Å². The van der Waals surface area contributed by atoms with Crippen molar-refractivity contribution < 1.29 is 38.3 Å². The molecule has 1 aliphatic heterocycles. The van der Waals surface area contributed by atoms with E-state index in [9.17, 15) is 24.9 Å². The quantitative estimate of drug-likeness (QED) is 0.0332. The molecule has 568 valence electrons. The highest BCUT2D eigenvalue weighted by Gasteiger charge is 2.53. The van der Waals surface area contributed by atoms with Crippen molar-refractivity contribution in [1.29, 1.82) is 15.8 Å². The van der Waals surface area contributed by atoms with Gasteiger partial charge in [0.15, 0.2) is 0 Å². The van der Waals surface area contributed by atoms with Gasteiger partial charge in [-0.15, -0.1) is 0 Å². The van der Waals surface area contributed by atoms with Crippen molar-refractivity contribution in [3.63, 3.8) is 0 Å². The minimum Gasteiger partial charge on any atom is -0.478 e. The highest BCUT2D eigenvalue weighted by Crippen LogP contribution is 2.47. The second-order valence-electron chi connectivity index (χ2n) is 28.0. The lowest BCUT2D eigenvalue weighted by molar-refractivity contribution is -0.138. The maximum atomic E-state index is 11.7. The summed E-state index contributed by atoms with van der Waals surface area (Å²) in [5.74, 6) is -1.66. The Kier molecular flexibility index (Phi) is 29.4. The Balaban J connectivity index is 0.000000169. The number of carbonyl (C=O) groups excluding carboxylic acids is 2. The summed E-state index contributed by atoms with van der Waals surface area (Å²) < 4.78 is 23.8. The third-order valence-electron chi connectivity index (χ3n) is 20.1. The average molecular weight is 1620 g/mol. The van der Waals surface area contributed by atoms with Crippen LogP contribution in [0.25, 0.3) is 64.3 Å². The zero-order valence-electron chi connectivity index (χ0n) is 64.6. The van der Waals surface area contributed by atoms with Gasteiger partial charge in [-0.2, -0.15) is 15.8 Å². The van der Waals surface area contributed by atoms with E-state index in [0.29, 0.717) is 45.0 Å². The molecule has 1 heterocycles. The first-order valence-corrected chi connectivity index (χ1v) is 39.4. The highest BCUT2D eigenvalue weighted by atomic mass is 79.9. The molecule has 0 unspecified atom stereocenters. The first-order chi connectivity index (χ1) is 54.4. The van der Waals surface area contributed by atoms with Crippen molar-refractivity contribution in [2.75, 3.05) is 13.2 Å². The third-order valence-corrected chi connectivity index (χ3v) is 22.0. The molecule has 0 spiro atoms. The van der Waals surface area contributed by atoms with Gasteiger partial charge in [-0.25, -0.2) is 14.4 Å². The molecular weight excluding hydrogens is 1530 g/mol. The van der Waals surface area contributed by atoms with Crippen molar-refractivity contribution in [3.05, 3.63) is 355 Å². The molecule has 3 aliphatic carbocycles. The van der Waals surface area contributed by atoms with E-state index < -0.39 is 24.3 Å². The minimum absolute atomic E-state index is 0.333. The number of nitrogens with zero attached hydrogens (tertiary/aromatic N) is 3. The standard InChI is InChI=1S/C31H26ClNO2.C30H35BO4.C29H22ClNO2.C7H3BrClN/c1-3-27(28-15-11-22(20-33)17-29(28)32)31(26-18-24-7-5-6-8-25(24)19-26)23-13-9-21(10-14-23)12-16-30(34)35-4-2;1-7-26(31-34-29(3,4)30(5,6)35-31)28(25-19-23-11-9-10-12-24(23)20-25)22-16-13-21(14-17-22)15-18-27(32)33-8-2;1-2-25(26-13-9-20(18-31)15-27(26)30)29(24-16-22-5-3-4-6-23(22)17-24)21-11-7-19(8-12-21)10-14-28(32)33;8-6-2-1-5(4-10)3-7(6)9/h5-18H,3-4,19H2,1-2H3;9-19H,7-8,20H2,1-6H3;3-16H,2,17H2,1H3,(H,32,33);1-3H/b16-12+,31-27+;18-15+,28-26+;14-10+,29-25+;. The fourth-order valence-electron chi connectivity index (χ4n) is 13.8. The van der Waals surface area contributed by atoms with Crippen molar-refractivity contribution in [3.8, 4) is 18.2 Å². The van der Waals surface area contributed by atoms with E-state index in [-0.39, 0.29) is 11.9 Å². The monoisotopic (exact) mass is 1620 g/mol. The number of carboxylic acid groups (broad SMARTS) is 1. The number of nitriles is 3. The normalized spacial score (nSPS) is 14.6. The SMILES string of the molecule is CC/C(=C(\C1=Cc2ccccc2C1)c1ccc(/C=C/C(=O)O)cc1)c1ccc(C#N)cc1Cl.CCOC(=O)/C=C/c1ccc(/C(C2=Cc3ccccc3C2)=C(/CC)B2OC(C)(C)C(C)(C)O2)cc1.CCOC(=O)/C=C/c1ccc(/C(C2=Cc3ccccc3C2)=C(/CC)c2ccc(C#N)cc2Cl)cc1.N#Cc1ccc(Br)c(Cl)c1. The summed E-state index contributed by atoms with van der Waals surface area (Å²) in [7, 11) is -0.409.